The van der Waals surface area contributed by atoms with Crippen LogP contribution in [-0.4, -0.2) is 39.2 Å². The van der Waals surface area contributed by atoms with E-state index in [0.717, 1.165) is 0 Å². The Morgan fingerprint density at radius 2 is 2.14 bits per heavy atom. The molecular formula is C13H15N3O5. The Hall–Kier alpha value is -2.48. The molecule has 2 aromatic rings. The zero-order chi connectivity index (χ0) is 15.4. The van der Waals surface area contributed by atoms with Crippen molar-refractivity contribution in [3.63, 3.8) is 0 Å². The lowest BCUT2D eigenvalue weighted by Gasteiger charge is -2.08. The Labute approximate surface area is 118 Å². The highest BCUT2D eigenvalue weighted by Gasteiger charge is 2.17. The Kier molecular flexibility index (Phi) is 4.49. The maximum atomic E-state index is 11.9. The lowest BCUT2D eigenvalue weighted by Crippen LogP contribution is -2.24. The molecule has 0 saturated carbocycles. The first-order valence-electron chi connectivity index (χ1n) is 6.51. The quantitative estimate of drug-likeness (QED) is 0.651. The normalized spacial score (nSPS) is 10.8. The molecule has 2 aromatic heterocycles. The first-order chi connectivity index (χ1) is 10.1. The lowest BCUT2D eigenvalue weighted by atomic mass is 10.1. The van der Waals surface area contributed by atoms with Crippen LogP contribution in [0.15, 0.2) is 15.7 Å². The third-order valence-electron chi connectivity index (χ3n) is 2.88. The number of aromatic nitrogens is 3. The van der Waals surface area contributed by atoms with E-state index in [1.54, 1.807) is 6.92 Å². The first kappa shape index (κ1) is 14.9. The molecule has 3 N–H and O–H groups in total. The summed E-state index contributed by atoms with van der Waals surface area (Å²) in [6.07, 6.45) is 0.785. The number of aliphatic hydroxyl groups is 1. The van der Waals surface area contributed by atoms with E-state index in [0.29, 0.717) is 18.4 Å². The number of rotatable bonds is 5. The van der Waals surface area contributed by atoms with Crippen molar-refractivity contribution in [1.82, 2.24) is 15.0 Å². The average molecular weight is 293 g/mol. The van der Waals surface area contributed by atoms with E-state index in [-0.39, 0.29) is 29.9 Å². The third-order valence-corrected chi connectivity index (χ3v) is 2.88. The number of hydrogen-bond acceptors (Lipinski definition) is 6. The van der Waals surface area contributed by atoms with Crippen molar-refractivity contribution in [1.29, 1.82) is 0 Å². The second-order valence-corrected chi connectivity index (χ2v) is 4.35. The van der Waals surface area contributed by atoms with Crippen molar-refractivity contribution < 1.29 is 14.6 Å². The van der Waals surface area contributed by atoms with Crippen LogP contribution in [0.2, 0.25) is 0 Å². The summed E-state index contributed by atoms with van der Waals surface area (Å²) in [5, 5.41) is 9.09. The highest BCUT2D eigenvalue weighted by Crippen LogP contribution is 2.15. The monoisotopic (exact) mass is 293 g/mol. The molecule has 0 bridgehead atoms. The maximum Gasteiger partial charge on any atom is 0.357 e. The van der Waals surface area contributed by atoms with Gasteiger partial charge in [-0.1, -0.05) is 0 Å². The molecule has 0 aliphatic carbocycles. The predicted octanol–water partition coefficient (Wildman–Crippen LogP) is -0.287. The van der Waals surface area contributed by atoms with Crippen LogP contribution in [0.3, 0.4) is 0 Å². The molecule has 2 heterocycles. The topological polar surface area (TPSA) is 125 Å². The molecule has 0 radical (unpaired) electrons. The first-order valence-corrected chi connectivity index (χ1v) is 6.51. The number of hydrogen-bond donors (Lipinski definition) is 3. The maximum absolute atomic E-state index is 11.9. The average Bonchev–Trinajstić information content (AvgIpc) is 2.44. The number of aliphatic hydroxyl groups excluding tert-OH is 1. The second kappa shape index (κ2) is 6.31. The summed E-state index contributed by atoms with van der Waals surface area (Å²) in [6.45, 7) is 1.80. The van der Waals surface area contributed by atoms with Gasteiger partial charge in [0.25, 0.3) is 5.56 Å². The smallest absolute Gasteiger partial charge is 0.357 e. The van der Waals surface area contributed by atoms with Gasteiger partial charge in [-0.2, -0.15) is 0 Å². The standard InChI is InChI=1S/C13H15N3O5/c1-2-21-12(19)9-7(4-3-5-17)6-8-10(14-9)15-13(20)16-11(8)18/h6,17H,2-5H2,1H3,(H2,14,15,16,18,20). The summed E-state index contributed by atoms with van der Waals surface area (Å²) < 4.78 is 4.92. The minimum absolute atomic E-state index is 0.0274. The molecule has 0 unspecified atom stereocenters. The number of carbonyl (C=O) groups is 1. The molecular weight excluding hydrogens is 278 g/mol. The van der Waals surface area contributed by atoms with Crippen LogP contribution < -0.4 is 11.2 Å². The fourth-order valence-electron chi connectivity index (χ4n) is 1.97. The van der Waals surface area contributed by atoms with Gasteiger partial charge < -0.3 is 9.84 Å². The van der Waals surface area contributed by atoms with Gasteiger partial charge in [0.2, 0.25) is 0 Å². The van der Waals surface area contributed by atoms with Crippen LogP contribution in [0.5, 0.6) is 0 Å². The van der Waals surface area contributed by atoms with Gasteiger partial charge in [-0.3, -0.25) is 14.8 Å². The van der Waals surface area contributed by atoms with Gasteiger partial charge >= 0.3 is 11.7 Å². The molecule has 2 rings (SSSR count). The molecule has 0 spiro atoms. The number of pyridine rings is 1. The summed E-state index contributed by atoms with van der Waals surface area (Å²) >= 11 is 0. The van der Waals surface area contributed by atoms with Crippen molar-refractivity contribution in [3.05, 3.63) is 38.2 Å². The zero-order valence-electron chi connectivity index (χ0n) is 11.4. The number of nitrogens with one attached hydrogen (secondary N) is 2. The molecule has 21 heavy (non-hydrogen) atoms. The molecule has 0 aliphatic heterocycles. The molecule has 0 fully saturated rings. The van der Waals surface area contributed by atoms with Gasteiger partial charge in [0.05, 0.1) is 12.0 Å². The number of esters is 1. The van der Waals surface area contributed by atoms with Crippen LogP contribution in [0.1, 0.15) is 29.4 Å². The lowest BCUT2D eigenvalue weighted by molar-refractivity contribution is 0.0518. The van der Waals surface area contributed by atoms with E-state index in [2.05, 4.69) is 15.0 Å². The van der Waals surface area contributed by atoms with Crippen LogP contribution in [0.25, 0.3) is 11.0 Å². The summed E-state index contributed by atoms with van der Waals surface area (Å²) in [6, 6.07) is 1.49. The fraction of sp³-hybridized carbons (Fsp3) is 0.385. The van der Waals surface area contributed by atoms with Gasteiger partial charge in [0, 0.05) is 6.61 Å². The number of ether oxygens (including phenoxy) is 1. The highest BCUT2D eigenvalue weighted by molar-refractivity contribution is 5.92. The van der Waals surface area contributed by atoms with E-state index in [1.165, 1.54) is 6.07 Å². The van der Waals surface area contributed by atoms with Crippen LogP contribution >= 0.6 is 0 Å². The van der Waals surface area contributed by atoms with E-state index in [9.17, 15) is 14.4 Å². The fourth-order valence-corrected chi connectivity index (χ4v) is 1.97. The van der Waals surface area contributed by atoms with E-state index in [4.69, 9.17) is 9.84 Å². The van der Waals surface area contributed by atoms with Crippen molar-refractivity contribution in [2.75, 3.05) is 13.2 Å². The molecule has 0 saturated heterocycles. The zero-order valence-corrected chi connectivity index (χ0v) is 11.4. The Balaban J connectivity index is 2.65. The van der Waals surface area contributed by atoms with Crippen molar-refractivity contribution >= 4 is 17.0 Å². The summed E-state index contributed by atoms with van der Waals surface area (Å²) in [5.41, 5.74) is -0.717. The van der Waals surface area contributed by atoms with E-state index < -0.39 is 17.2 Å². The minimum Gasteiger partial charge on any atom is -0.461 e. The number of aromatic amines is 2. The number of fused-ring (bicyclic) bond motifs is 1. The number of H-pyrrole nitrogens is 2. The van der Waals surface area contributed by atoms with Gasteiger partial charge in [-0.25, -0.2) is 14.6 Å². The molecule has 112 valence electrons. The Bertz CT molecular complexity index is 777. The van der Waals surface area contributed by atoms with Crippen molar-refractivity contribution in [3.8, 4) is 0 Å². The van der Waals surface area contributed by atoms with Gasteiger partial charge in [0.15, 0.2) is 5.69 Å². The Morgan fingerprint density at radius 3 is 2.81 bits per heavy atom. The van der Waals surface area contributed by atoms with Crippen molar-refractivity contribution in [2.24, 2.45) is 0 Å². The van der Waals surface area contributed by atoms with Crippen molar-refractivity contribution in [2.45, 2.75) is 19.8 Å². The molecule has 0 aromatic carbocycles. The number of carbonyl (C=O) groups excluding carboxylic acids is 1. The van der Waals surface area contributed by atoms with E-state index >= 15 is 0 Å². The van der Waals surface area contributed by atoms with E-state index in [1.807, 2.05) is 0 Å². The van der Waals surface area contributed by atoms with Crippen LogP contribution in [0, 0.1) is 0 Å². The predicted molar refractivity (Wildman–Crippen MR) is 74.3 cm³/mol. The second-order valence-electron chi connectivity index (χ2n) is 4.35. The van der Waals surface area contributed by atoms with Gasteiger partial charge in [0.1, 0.15) is 5.65 Å². The summed E-state index contributed by atoms with van der Waals surface area (Å²) in [5.74, 6) is -0.631. The molecule has 0 atom stereocenters. The summed E-state index contributed by atoms with van der Waals surface area (Å²) in [4.78, 5) is 43.4. The SMILES string of the molecule is CCOC(=O)c1nc2[nH]c(=O)[nH]c(=O)c2cc1CCCO. The molecule has 0 amide bonds. The number of aryl methyl sites for hydroxylation is 1. The van der Waals surface area contributed by atoms with Gasteiger partial charge in [-0.05, 0) is 31.4 Å². The third kappa shape index (κ3) is 3.16. The molecule has 8 heteroatoms. The minimum atomic E-state index is -0.696. The number of nitrogens with zero attached hydrogens (tertiary/aromatic N) is 1. The molecule has 0 aliphatic rings. The molecule has 8 nitrogen and oxygen atoms in total. The van der Waals surface area contributed by atoms with Crippen LogP contribution in [0.4, 0.5) is 0 Å². The largest absolute Gasteiger partial charge is 0.461 e. The Morgan fingerprint density at radius 1 is 1.38 bits per heavy atom. The summed E-state index contributed by atoms with van der Waals surface area (Å²) in [7, 11) is 0. The van der Waals surface area contributed by atoms with Crippen LogP contribution in [-0.2, 0) is 11.2 Å². The highest BCUT2D eigenvalue weighted by atomic mass is 16.5. The van der Waals surface area contributed by atoms with Gasteiger partial charge in [-0.15, -0.1) is 0 Å².